The topological polar surface area (TPSA) is 136 Å². The summed E-state index contributed by atoms with van der Waals surface area (Å²) >= 11 is 0. The van der Waals surface area contributed by atoms with Gasteiger partial charge in [0.05, 0.1) is 0 Å². The highest BCUT2D eigenvalue weighted by Crippen LogP contribution is 2.20. The van der Waals surface area contributed by atoms with Crippen LogP contribution >= 0.6 is 0 Å². The van der Waals surface area contributed by atoms with Crippen LogP contribution in [0.1, 0.15) is 42.6 Å². The zero-order chi connectivity index (χ0) is 29.0. The number of carboxylic acids is 1. The molecule has 216 valence electrons. The van der Waals surface area contributed by atoms with Crippen LogP contribution in [0, 0.1) is 23.0 Å². The minimum absolute atomic E-state index is 0.0114. The number of aliphatic carboxylic acids is 1. The summed E-state index contributed by atoms with van der Waals surface area (Å²) in [7, 11) is 0. The van der Waals surface area contributed by atoms with Crippen molar-refractivity contribution in [2.24, 2.45) is 0 Å². The summed E-state index contributed by atoms with van der Waals surface area (Å²) in [6.45, 7) is 2.57. The summed E-state index contributed by atoms with van der Waals surface area (Å²) in [5.41, 5.74) is 2.28. The van der Waals surface area contributed by atoms with Crippen LogP contribution in [0.15, 0.2) is 42.7 Å². The number of carbonyl (C=O) groups is 1. The van der Waals surface area contributed by atoms with Gasteiger partial charge >= 0.3 is 5.97 Å². The molecule has 0 saturated heterocycles. The van der Waals surface area contributed by atoms with Crippen molar-refractivity contribution in [2.75, 3.05) is 43.4 Å². The lowest BCUT2D eigenvalue weighted by atomic mass is 10.1. The second-order valence-corrected chi connectivity index (χ2v) is 9.78. The number of halogens is 2. The van der Waals surface area contributed by atoms with E-state index in [4.69, 9.17) is 9.72 Å². The number of hydrogen-bond donors (Lipinski definition) is 3. The van der Waals surface area contributed by atoms with Gasteiger partial charge in [-0.2, -0.15) is 5.26 Å². The molecule has 4 rings (SSSR count). The molecule has 1 aliphatic heterocycles. The first-order valence-corrected chi connectivity index (χ1v) is 13.7. The van der Waals surface area contributed by atoms with E-state index in [2.05, 4.69) is 37.6 Å². The molecule has 0 saturated carbocycles. The number of nitriles is 1. The van der Waals surface area contributed by atoms with Crippen LogP contribution in [-0.4, -0.2) is 69.8 Å². The van der Waals surface area contributed by atoms with Crippen LogP contribution < -0.4 is 15.4 Å². The largest absolute Gasteiger partial charge is 0.492 e. The Hall–Kier alpha value is -4.37. The molecule has 2 aromatic heterocycles. The number of fused-ring (bicyclic) bond motifs is 1. The highest BCUT2D eigenvalue weighted by atomic mass is 19.1. The first-order valence-electron chi connectivity index (χ1n) is 13.7. The summed E-state index contributed by atoms with van der Waals surface area (Å²) in [5, 5.41) is 25.2. The van der Waals surface area contributed by atoms with Gasteiger partial charge in [0.15, 0.2) is 11.5 Å². The molecular formula is C29H33F2N7O3. The monoisotopic (exact) mass is 565 g/mol. The van der Waals surface area contributed by atoms with Gasteiger partial charge in [0.2, 0.25) is 0 Å². The highest BCUT2D eigenvalue weighted by Gasteiger charge is 2.21. The van der Waals surface area contributed by atoms with Gasteiger partial charge in [0.25, 0.3) is 0 Å². The molecular weight excluding hydrogens is 532 g/mol. The van der Waals surface area contributed by atoms with Crippen molar-refractivity contribution in [1.29, 1.82) is 5.26 Å². The van der Waals surface area contributed by atoms with Crippen LogP contribution in [0.2, 0.25) is 0 Å². The van der Waals surface area contributed by atoms with E-state index >= 15 is 0 Å². The first kappa shape index (κ1) is 29.6. The number of anilines is 2. The van der Waals surface area contributed by atoms with E-state index in [-0.39, 0.29) is 30.3 Å². The van der Waals surface area contributed by atoms with Crippen molar-refractivity contribution in [3.8, 4) is 11.8 Å². The second-order valence-electron chi connectivity index (χ2n) is 9.78. The normalized spacial score (nSPS) is 13.1. The molecule has 0 spiro atoms. The van der Waals surface area contributed by atoms with Gasteiger partial charge in [0.1, 0.15) is 41.9 Å². The quantitative estimate of drug-likeness (QED) is 0.232. The maximum absolute atomic E-state index is 13.5. The van der Waals surface area contributed by atoms with E-state index in [1.54, 1.807) is 0 Å². The average molecular weight is 566 g/mol. The molecule has 0 fully saturated rings. The lowest BCUT2D eigenvalue weighted by molar-refractivity contribution is -0.138. The van der Waals surface area contributed by atoms with E-state index in [9.17, 15) is 23.9 Å². The molecule has 1 aliphatic rings. The minimum atomic E-state index is -1.09. The number of rotatable bonds is 15. The van der Waals surface area contributed by atoms with Gasteiger partial charge in [-0.05, 0) is 56.7 Å². The van der Waals surface area contributed by atoms with Crippen LogP contribution in [-0.2, 0) is 17.6 Å². The molecule has 0 aliphatic carbocycles. The van der Waals surface area contributed by atoms with E-state index in [0.717, 1.165) is 68.4 Å². The van der Waals surface area contributed by atoms with E-state index in [0.29, 0.717) is 19.6 Å². The maximum Gasteiger partial charge on any atom is 0.326 e. The number of unbranched alkanes of at least 4 members (excludes halogenated alkanes) is 1. The number of nitrogens with zero attached hydrogens (tertiary/aromatic N) is 5. The Morgan fingerprint density at radius 2 is 1.95 bits per heavy atom. The minimum Gasteiger partial charge on any atom is -0.492 e. The maximum atomic E-state index is 13.5. The number of carboxylic acid groups (broad SMARTS) is 1. The molecule has 3 heterocycles. The van der Waals surface area contributed by atoms with Gasteiger partial charge < -0.3 is 20.5 Å². The molecule has 0 amide bonds. The van der Waals surface area contributed by atoms with Crippen LogP contribution in [0.25, 0.3) is 0 Å². The van der Waals surface area contributed by atoms with E-state index < -0.39 is 23.6 Å². The van der Waals surface area contributed by atoms with Crippen molar-refractivity contribution >= 4 is 17.6 Å². The zero-order valence-corrected chi connectivity index (χ0v) is 22.7. The van der Waals surface area contributed by atoms with Crippen molar-refractivity contribution in [1.82, 2.24) is 19.9 Å². The molecule has 41 heavy (non-hydrogen) atoms. The number of nitrogens with one attached hydrogen (secondary N) is 2. The molecule has 1 unspecified atom stereocenters. The van der Waals surface area contributed by atoms with Crippen molar-refractivity contribution < 1.29 is 23.4 Å². The zero-order valence-electron chi connectivity index (χ0n) is 22.7. The lowest BCUT2D eigenvalue weighted by Gasteiger charge is -2.25. The first-order chi connectivity index (χ1) is 19.9. The third-order valence-electron chi connectivity index (χ3n) is 6.77. The number of hydrogen-bond acceptors (Lipinski definition) is 9. The van der Waals surface area contributed by atoms with Crippen molar-refractivity contribution in [3.05, 3.63) is 71.3 Å². The Labute approximate surface area is 237 Å². The molecule has 1 aromatic carbocycles. The van der Waals surface area contributed by atoms with E-state index in [1.807, 2.05) is 6.07 Å². The fraction of sp³-hybridized carbons (Fsp3) is 0.414. The SMILES string of the molecule is N#Cc1nccnc1NC(CCN(CCCCc1ccc2c(n1)NCCC2)CCOc1cc(F)cc(F)c1)C(=O)O. The number of aryl methyl sites for hydroxylation is 2. The fourth-order valence-electron chi connectivity index (χ4n) is 4.65. The third-order valence-corrected chi connectivity index (χ3v) is 6.77. The Morgan fingerprint density at radius 1 is 1.15 bits per heavy atom. The molecule has 3 N–H and O–H groups in total. The Kier molecular flexibility index (Phi) is 10.7. The Bertz CT molecular complexity index is 1350. The van der Waals surface area contributed by atoms with E-state index in [1.165, 1.54) is 18.0 Å². The summed E-state index contributed by atoms with van der Waals surface area (Å²) in [6.07, 6.45) is 7.62. The van der Waals surface area contributed by atoms with Crippen LogP contribution in [0.5, 0.6) is 5.75 Å². The number of ether oxygens (including phenoxy) is 1. The number of aromatic nitrogens is 3. The van der Waals surface area contributed by atoms with Crippen molar-refractivity contribution in [3.63, 3.8) is 0 Å². The molecule has 10 nitrogen and oxygen atoms in total. The lowest BCUT2D eigenvalue weighted by Crippen LogP contribution is -2.37. The Morgan fingerprint density at radius 3 is 2.73 bits per heavy atom. The second kappa shape index (κ2) is 14.9. The summed E-state index contributed by atoms with van der Waals surface area (Å²) in [5.74, 6) is -1.36. The van der Waals surface area contributed by atoms with Crippen LogP contribution in [0.4, 0.5) is 20.4 Å². The summed E-state index contributed by atoms with van der Waals surface area (Å²) in [6, 6.07) is 8.11. The average Bonchev–Trinajstić information content (AvgIpc) is 2.96. The predicted octanol–water partition coefficient (Wildman–Crippen LogP) is 4.04. The van der Waals surface area contributed by atoms with Gasteiger partial charge in [-0.3, -0.25) is 4.90 Å². The predicted molar refractivity (Wildman–Crippen MR) is 149 cm³/mol. The van der Waals surface area contributed by atoms with Gasteiger partial charge in [0, 0.05) is 55.9 Å². The Balaban J connectivity index is 1.34. The van der Waals surface area contributed by atoms with Gasteiger partial charge in [-0.15, -0.1) is 0 Å². The molecule has 0 radical (unpaired) electrons. The molecule has 1 atom stereocenters. The van der Waals surface area contributed by atoms with Crippen LogP contribution in [0.3, 0.4) is 0 Å². The number of benzene rings is 1. The smallest absolute Gasteiger partial charge is 0.326 e. The third kappa shape index (κ3) is 9.08. The van der Waals surface area contributed by atoms with Gasteiger partial charge in [-0.1, -0.05) is 6.07 Å². The summed E-state index contributed by atoms with van der Waals surface area (Å²) < 4.78 is 32.7. The number of pyridine rings is 1. The standard InChI is InChI=1S/C29H33F2N7O3/c30-21-16-22(31)18-24(17-21)41-15-14-38(12-2-1-5-23-7-6-20-4-3-9-34-27(20)36-23)13-8-25(29(39)40)37-28-26(19-32)33-10-11-35-28/h6-7,10-11,16-18,25H,1-5,8-9,12-15H2,(H,34,36)(H,35,37)(H,39,40). The fourth-order valence-corrected chi connectivity index (χ4v) is 4.65. The summed E-state index contributed by atoms with van der Waals surface area (Å²) in [4.78, 5) is 26.7. The van der Waals surface area contributed by atoms with Gasteiger partial charge in [-0.25, -0.2) is 28.5 Å². The van der Waals surface area contributed by atoms with Crippen molar-refractivity contribution in [2.45, 2.75) is 44.6 Å². The highest BCUT2D eigenvalue weighted by molar-refractivity contribution is 5.77. The molecule has 3 aromatic rings. The molecule has 12 heteroatoms. The molecule has 0 bridgehead atoms.